The molecule has 2 aromatic heterocycles. The lowest BCUT2D eigenvalue weighted by atomic mass is 9.95. The molecule has 208 valence electrons. The number of nitro groups is 1. The van der Waals surface area contributed by atoms with Gasteiger partial charge in [0.1, 0.15) is 16.6 Å². The van der Waals surface area contributed by atoms with Crippen molar-refractivity contribution in [3.05, 3.63) is 97.0 Å². The van der Waals surface area contributed by atoms with Crippen molar-refractivity contribution in [3.63, 3.8) is 0 Å². The Morgan fingerprint density at radius 1 is 1.17 bits per heavy atom. The molecule has 1 aliphatic rings. The average molecular weight is 569 g/mol. The molecule has 0 radical (unpaired) electrons. The van der Waals surface area contributed by atoms with Gasteiger partial charge in [-0.1, -0.05) is 30.3 Å². The van der Waals surface area contributed by atoms with E-state index in [1.165, 1.54) is 23.5 Å². The lowest BCUT2D eigenvalue weighted by Gasteiger charge is -2.12. The van der Waals surface area contributed by atoms with E-state index in [1.54, 1.807) is 25.1 Å². The molecule has 0 aliphatic heterocycles. The first-order valence-electron chi connectivity index (χ1n) is 13.4. The molecule has 0 bridgehead atoms. The molecule has 0 saturated heterocycles. The number of thiophene rings is 1. The van der Waals surface area contributed by atoms with Crippen LogP contribution in [-0.2, 0) is 28.9 Å². The van der Waals surface area contributed by atoms with Gasteiger partial charge in [-0.3, -0.25) is 14.9 Å². The monoisotopic (exact) mass is 568 g/mol. The number of aromatic nitrogens is 1. The lowest BCUT2D eigenvalue weighted by Crippen LogP contribution is -2.16. The molecule has 41 heavy (non-hydrogen) atoms. The maximum Gasteiger partial charge on any atom is 0.341 e. The molecule has 0 saturated carbocycles. The number of ether oxygens (including phenoxy) is 1. The zero-order chi connectivity index (χ0) is 29.1. The third-order valence-electron chi connectivity index (χ3n) is 7.30. The number of benzene rings is 2. The molecular weight excluding hydrogens is 540 g/mol. The first kappa shape index (κ1) is 27.8. The number of carbonyl (C=O) groups is 2. The topological polar surface area (TPSA) is 127 Å². The van der Waals surface area contributed by atoms with Crippen molar-refractivity contribution in [2.75, 3.05) is 11.9 Å². The van der Waals surface area contributed by atoms with Gasteiger partial charge in [0, 0.05) is 45.7 Å². The second-order valence-electron chi connectivity index (χ2n) is 9.79. The average Bonchev–Trinajstić information content (AvgIpc) is 3.46. The number of hydrogen-bond acceptors (Lipinski definition) is 7. The summed E-state index contributed by atoms with van der Waals surface area (Å²) in [4.78, 5) is 37.9. The minimum Gasteiger partial charge on any atom is -0.462 e. The van der Waals surface area contributed by atoms with Gasteiger partial charge in [0.25, 0.3) is 11.6 Å². The predicted octanol–water partition coefficient (Wildman–Crippen LogP) is 6.57. The number of nitrogens with one attached hydrogen (secondary N) is 1. The lowest BCUT2D eigenvalue weighted by molar-refractivity contribution is -0.384. The fraction of sp³-hybridized carbons (Fsp3) is 0.258. The second-order valence-corrected chi connectivity index (χ2v) is 10.9. The molecule has 9 nitrogen and oxygen atoms in total. The highest BCUT2D eigenvalue weighted by atomic mass is 32.1. The van der Waals surface area contributed by atoms with Crippen molar-refractivity contribution in [2.24, 2.45) is 0 Å². The van der Waals surface area contributed by atoms with E-state index in [4.69, 9.17) is 4.74 Å². The van der Waals surface area contributed by atoms with Crippen molar-refractivity contribution >= 4 is 50.9 Å². The van der Waals surface area contributed by atoms with Crippen molar-refractivity contribution < 1.29 is 19.2 Å². The highest BCUT2D eigenvalue weighted by Crippen LogP contribution is 2.39. The zero-order valence-corrected chi connectivity index (χ0v) is 23.5. The Bertz CT molecular complexity index is 1740. The summed E-state index contributed by atoms with van der Waals surface area (Å²) in [6.07, 6.45) is 5.17. The molecule has 0 atom stereocenters. The number of para-hydroxylation sites is 1. The van der Waals surface area contributed by atoms with Gasteiger partial charge >= 0.3 is 5.97 Å². The van der Waals surface area contributed by atoms with Gasteiger partial charge in [-0.2, -0.15) is 5.26 Å². The Labute approximate surface area is 240 Å². The number of esters is 1. The van der Waals surface area contributed by atoms with Crippen LogP contribution < -0.4 is 5.32 Å². The van der Waals surface area contributed by atoms with Gasteiger partial charge < -0.3 is 14.6 Å². The summed E-state index contributed by atoms with van der Waals surface area (Å²) >= 11 is 1.38. The molecule has 0 spiro atoms. The summed E-state index contributed by atoms with van der Waals surface area (Å²) in [7, 11) is 0. The first-order valence-corrected chi connectivity index (χ1v) is 14.2. The summed E-state index contributed by atoms with van der Waals surface area (Å²) < 4.78 is 7.35. The van der Waals surface area contributed by atoms with Crippen LogP contribution in [0.3, 0.4) is 0 Å². The maximum absolute atomic E-state index is 13.4. The number of carbonyl (C=O) groups excluding carboxylic acids is 2. The summed E-state index contributed by atoms with van der Waals surface area (Å²) in [5.41, 5.74) is 4.61. The van der Waals surface area contributed by atoms with Crippen LogP contribution in [0.1, 0.15) is 57.4 Å². The number of non-ortho nitro benzene ring substituents is 1. The van der Waals surface area contributed by atoms with E-state index in [2.05, 4.69) is 9.88 Å². The van der Waals surface area contributed by atoms with Gasteiger partial charge in [0.2, 0.25) is 0 Å². The van der Waals surface area contributed by atoms with Crippen LogP contribution in [0.5, 0.6) is 0 Å². The van der Waals surface area contributed by atoms with Crippen molar-refractivity contribution in [3.8, 4) is 6.07 Å². The van der Waals surface area contributed by atoms with Crippen LogP contribution in [-0.4, -0.2) is 28.0 Å². The Morgan fingerprint density at radius 3 is 2.61 bits per heavy atom. The van der Waals surface area contributed by atoms with E-state index in [-0.39, 0.29) is 17.9 Å². The van der Waals surface area contributed by atoms with Gasteiger partial charge in [-0.05, 0) is 62.8 Å². The molecule has 1 amide bonds. The Kier molecular flexibility index (Phi) is 7.99. The smallest absolute Gasteiger partial charge is 0.341 e. The van der Waals surface area contributed by atoms with E-state index in [0.717, 1.165) is 63.8 Å². The van der Waals surface area contributed by atoms with E-state index in [0.29, 0.717) is 17.1 Å². The minimum absolute atomic E-state index is 0.0221. The number of fused-ring (bicyclic) bond motifs is 2. The van der Waals surface area contributed by atoms with Gasteiger partial charge in [-0.15, -0.1) is 11.3 Å². The Balaban J connectivity index is 1.50. The van der Waals surface area contributed by atoms with E-state index in [1.807, 2.05) is 37.3 Å². The van der Waals surface area contributed by atoms with Gasteiger partial charge in [-0.25, -0.2) is 4.79 Å². The van der Waals surface area contributed by atoms with Crippen LogP contribution >= 0.6 is 11.3 Å². The second kappa shape index (κ2) is 11.8. The SMILES string of the molecule is CCOC(=O)c1c(NC(=O)/C(C#N)=C/c2c(C)n(Cc3ccc([N+](=O)[O-])cc3)c3ccccc23)sc2c1CCCC2. The van der Waals surface area contributed by atoms with Crippen molar-refractivity contribution in [1.29, 1.82) is 5.26 Å². The van der Waals surface area contributed by atoms with Crippen LogP contribution in [0.15, 0.2) is 54.1 Å². The molecule has 0 fully saturated rings. The largest absolute Gasteiger partial charge is 0.462 e. The quantitative estimate of drug-likeness (QED) is 0.0842. The van der Waals surface area contributed by atoms with Crippen LogP contribution in [0, 0.1) is 28.4 Å². The summed E-state index contributed by atoms with van der Waals surface area (Å²) in [6, 6.07) is 16.1. The molecule has 2 aromatic carbocycles. The molecule has 1 aliphatic carbocycles. The van der Waals surface area contributed by atoms with Gasteiger partial charge in [0.15, 0.2) is 0 Å². The van der Waals surface area contributed by atoms with Crippen LogP contribution in [0.4, 0.5) is 10.7 Å². The van der Waals surface area contributed by atoms with Crippen molar-refractivity contribution in [2.45, 2.75) is 46.1 Å². The summed E-state index contributed by atoms with van der Waals surface area (Å²) in [5.74, 6) is -1.06. The number of anilines is 1. The Morgan fingerprint density at radius 2 is 1.90 bits per heavy atom. The summed E-state index contributed by atoms with van der Waals surface area (Å²) in [6.45, 7) is 4.33. The number of nitro benzene ring substituents is 1. The third kappa shape index (κ3) is 5.49. The molecule has 1 N–H and O–H groups in total. The molecule has 0 unspecified atom stereocenters. The number of hydrogen-bond donors (Lipinski definition) is 1. The summed E-state index contributed by atoms with van der Waals surface area (Å²) in [5, 5.41) is 25.2. The third-order valence-corrected chi connectivity index (χ3v) is 8.51. The predicted molar refractivity (Wildman–Crippen MR) is 158 cm³/mol. The number of nitrogens with zero attached hydrogens (tertiary/aromatic N) is 3. The standard InChI is InChI=1S/C31H28N4O5S/c1-3-40-31(37)28-24-9-5-7-11-27(24)41-30(28)33-29(36)21(17-32)16-25-19(2)34(26-10-6-4-8-23(25)26)18-20-12-14-22(15-13-20)35(38)39/h4,6,8,10,12-16H,3,5,7,9,11,18H2,1-2H3,(H,33,36)/b21-16+. The number of amides is 1. The van der Waals surface area contributed by atoms with Gasteiger partial charge in [0.05, 0.1) is 17.1 Å². The van der Waals surface area contributed by atoms with Crippen LogP contribution in [0.2, 0.25) is 0 Å². The highest BCUT2D eigenvalue weighted by Gasteiger charge is 2.28. The zero-order valence-electron chi connectivity index (χ0n) is 22.7. The van der Waals surface area contributed by atoms with E-state index >= 15 is 0 Å². The normalized spacial score (nSPS) is 13.0. The highest BCUT2D eigenvalue weighted by molar-refractivity contribution is 7.17. The molecule has 2 heterocycles. The number of aryl methyl sites for hydroxylation is 1. The fourth-order valence-corrected chi connectivity index (χ4v) is 6.56. The molecule has 10 heteroatoms. The molecular formula is C31H28N4O5S. The maximum atomic E-state index is 13.4. The number of nitriles is 1. The molecule has 5 rings (SSSR count). The molecule has 4 aromatic rings. The fourth-order valence-electron chi connectivity index (χ4n) is 5.29. The number of rotatable bonds is 8. The van der Waals surface area contributed by atoms with Crippen molar-refractivity contribution in [1.82, 2.24) is 4.57 Å². The van der Waals surface area contributed by atoms with Crippen LogP contribution in [0.25, 0.3) is 17.0 Å². The first-order chi connectivity index (χ1) is 19.8. The van der Waals surface area contributed by atoms with E-state index in [9.17, 15) is 25.0 Å². The Hall–Kier alpha value is -4.75. The minimum atomic E-state index is -0.594. The van der Waals surface area contributed by atoms with E-state index < -0.39 is 16.8 Å².